The largest absolute Gasteiger partial charge is 0.481 e. The number of halogens is 1. The lowest BCUT2D eigenvalue weighted by molar-refractivity contribution is -0.137. The van der Waals surface area contributed by atoms with Gasteiger partial charge in [-0.3, -0.25) is 14.4 Å². The Balaban J connectivity index is 2.00. The molecular weight excluding hydrogens is 396 g/mol. The van der Waals surface area contributed by atoms with Crippen LogP contribution in [0.25, 0.3) is 0 Å². The highest BCUT2D eigenvalue weighted by atomic mass is 35.5. The van der Waals surface area contributed by atoms with Crippen LogP contribution in [0.5, 0.6) is 0 Å². The Morgan fingerprint density at radius 2 is 1.93 bits per heavy atom. The number of aliphatic carboxylic acids is 1. The molecule has 2 aliphatic rings. The van der Waals surface area contributed by atoms with Crippen LogP contribution in [0.2, 0.25) is 5.02 Å². The predicted molar refractivity (Wildman–Crippen MR) is 111 cm³/mol. The molecule has 3 heterocycles. The van der Waals surface area contributed by atoms with E-state index in [9.17, 15) is 9.90 Å². The minimum absolute atomic E-state index is 0.0223. The third kappa shape index (κ3) is 2.88. The first-order valence-electron chi connectivity index (χ1n) is 9.06. The van der Waals surface area contributed by atoms with E-state index in [1.807, 2.05) is 31.2 Å². The van der Waals surface area contributed by atoms with E-state index in [0.717, 1.165) is 17.1 Å². The minimum Gasteiger partial charge on any atom is -0.481 e. The molecule has 0 saturated carbocycles. The molecule has 2 unspecified atom stereocenters. The summed E-state index contributed by atoms with van der Waals surface area (Å²) in [7, 11) is 0. The van der Waals surface area contributed by atoms with Crippen molar-refractivity contribution in [3.05, 3.63) is 57.0 Å². The van der Waals surface area contributed by atoms with Gasteiger partial charge in [0.1, 0.15) is 16.7 Å². The van der Waals surface area contributed by atoms with Crippen LogP contribution in [-0.4, -0.2) is 31.6 Å². The standard InChI is InChI=1S/C20H21ClN4O2S/c1-10-11(2)28-20(4)17(10)18(13-5-7-14(21)8-6-13)22-15(9-16(26)27)19-24-23-12(3)25(19)20/h5-8,15,17H,9H2,1-4H3,(H,26,27)/t15-,17?,20?/m0/s1. The van der Waals surface area contributed by atoms with Crippen molar-refractivity contribution in [3.8, 4) is 0 Å². The molecule has 0 amide bonds. The monoisotopic (exact) mass is 416 g/mol. The number of carboxylic acid groups (broad SMARTS) is 1. The number of aryl methyl sites for hydroxylation is 1. The van der Waals surface area contributed by atoms with Gasteiger partial charge in [0.25, 0.3) is 0 Å². The molecule has 2 aromatic rings. The summed E-state index contributed by atoms with van der Waals surface area (Å²) in [4.78, 5) is 17.4. The predicted octanol–water partition coefficient (Wildman–Crippen LogP) is 4.59. The van der Waals surface area contributed by atoms with Gasteiger partial charge in [0, 0.05) is 5.02 Å². The number of hydrogen-bond acceptors (Lipinski definition) is 5. The maximum absolute atomic E-state index is 11.6. The minimum atomic E-state index is -0.912. The van der Waals surface area contributed by atoms with Gasteiger partial charge in [-0.25, -0.2) is 0 Å². The summed E-state index contributed by atoms with van der Waals surface area (Å²) in [6.45, 7) is 8.32. The zero-order chi connectivity index (χ0) is 20.2. The number of carboxylic acids is 1. The normalized spacial score (nSPS) is 26.5. The first-order valence-corrected chi connectivity index (χ1v) is 10.3. The zero-order valence-corrected chi connectivity index (χ0v) is 17.7. The second-order valence-electron chi connectivity index (χ2n) is 7.40. The summed E-state index contributed by atoms with van der Waals surface area (Å²) in [5, 5.41) is 18.7. The summed E-state index contributed by atoms with van der Waals surface area (Å²) in [5.74, 6) is 0.433. The second kappa shape index (κ2) is 6.74. The average Bonchev–Trinajstić information content (AvgIpc) is 3.08. The molecule has 1 aromatic heterocycles. The quantitative estimate of drug-likeness (QED) is 0.791. The molecule has 6 nitrogen and oxygen atoms in total. The van der Waals surface area contributed by atoms with Crippen LogP contribution in [0.4, 0.5) is 0 Å². The maximum atomic E-state index is 11.6. The van der Waals surface area contributed by atoms with Crippen molar-refractivity contribution < 1.29 is 9.90 Å². The van der Waals surface area contributed by atoms with Crippen molar-refractivity contribution in [1.82, 2.24) is 14.8 Å². The Kier molecular flexibility index (Phi) is 4.62. The van der Waals surface area contributed by atoms with Gasteiger partial charge in [-0.05, 0) is 50.3 Å². The second-order valence-corrected chi connectivity index (χ2v) is 9.48. The Labute approximate surface area is 172 Å². The van der Waals surface area contributed by atoms with E-state index in [1.54, 1.807) is 11.8 Å². The molecule has 146 valence electrons. The molecule has 8 heteroatoms. The number of carbonyl (C=O) groups is 1. The molecule has 0 bridgehead atoms. The van der Waals surface area contributed by atoms with Crippen LogP contribution in [0.1, 0.15) is 50.4 Å². The Hall–Kier alpha value is -2.12. The number of rotatable bonds is 3. The van der Waals surface area contributed by atoms with Crippen molar-refractivity contribution in [2.45, 2.75) is 45.0 Å². The van der Waals surface area contributed by atoms with Crippen LogP contribution in [0.3, 0.4) is 0 Å². The lowest BCUT2D eigenvalue weighted by Gasteiger charge is -2.34. The van der Waals surface area contributed by atoms with E-state index in [0.29, 0.717) is 10.8 Å². The van der Waals surface area contributed by atoms with Gasteiger partial charge < -0.3 is 5.11 Å². The molecule has 0 saturated heterocycles. The van der Waals surface area contributed by atoms with Crippen molar-refractivity contribution >= 4 is 35.0 Å². The van der Waals surface area contributed by atoms with Gasteiger partial charge >= 0.3 is 5.97 Å². The first kappa shape index (κ1) is 19.2. The van der Waals surface area contributed by atoms with Crippen LogP contribution in [0, 0.1) is 12.8 Å². The first-order chi connectivity index (χ1) is 13.2. The van der Waals surface area contributed by atoms with Crippen molar-refractivity contribution in [2.75, 3.05) is 0 Å². The number of nitrogens with zero attached hydrogens (tertiary/aromatic N) is 4. The smallest absolute Gasteiger partial charge is 0.306 e. The number of aromatic nitrogens is 3. The van der Waals surface area contributed by atoms with Crippen molar-refractivity contribution in [3.63, 3.8) is 0 Å². The summed E-state index contributed by atoms with van der Waals surface area (Å²) in [6, 6.07) is 6.98. The number of benzene rings is 1. The Bertz CT molecular complexity index is 1030. The summed E-state index contributed by atoms with van der Waals surface area (Å²) in [5.41, 5.74) is 3.05. The molecule has 28 heavy (non-hydrogen) atoms. The van der Waals surface area contributed by atoms with Gasteiger partial charge in [-0.15, -0.1) is 22.0 Å². The van der Waals surface area contributed by atoms with E-state index in [2.05, 4.69) is 35.5 Å². The molecule has 1 N–H and O–H groups in total. The molecule has 1 aromatic carbocycles. The van der Waals surface area contributed by atoms with E-state index >= 15 is 0 Å². The third-order valence-corrected chi connectivity index (χ3v) is 7.26. The van der Waals surface area contributed by atoms with E-state index < -0.39 is 16.9 Å². The molecule has 0 aliphatic carbocycles. The van der Waals surface area contributed by atoms with Crippen molar-refractivity contribution in [1.29, 1.82) is 0 Å². The Morgan fingerprint density at radius 1 is 1.25 bits per heavy atom. The van der Waals surface area contributed by atoms with E-state index in [4.69, 9.17) is 16.6 Å². The van der Waals surface area contributed by atoms with Crippen LogP contribution >= 0.6 is 23.4 Å². The van der Waals surface area contributed by atoms with Crippen LogP contribution in [-0.2, 0) is 9.67 Å². The number of thioether (sulfide) groups is 1. The molecule has 2 aliphatic heterocycles. The number of hydrogen-bond donors (Lipinski definition) is 1. The lowest BCUT2D eigenvalue weighted by atomic mass is 9.84. The highest BCUT2D eigenvalue weighted by Gasteiger charge is 2.51. The molecular formula is C20H21ClN4O2S. The fourth-order valence-corrected chi connectivity index (χ4v) is 6.04. The van der Waals surface area contributed by atoms with Gasteiger partial charge in [0.2, 0.25) is 0 Å². The lowest BCUT2D eigenvalue weighted by Crippen LogP contribution is -2.38. The fraction of sp³-hybridized carbons (Fsp3) is 0.400. The average molecular weight is 417 g/mol. The summed E-state index contributed by atoms with van der Waals surface area (Å²) in [6.07, 6.45) is -0.134. The number of fused-ring (bicyclic) bond motifs is 3. The molecule has 0 fully saturated rings. The van der Waals surface area contributed by atoms with Gasteiger partial charge in [-0.1, -0.05) is 29.3 Å². The van der Waals surface area contributed by atoms with E-state index in [1.165, 1.54) is 10.5 Å². The molecule has 4 rings (SSSR count). The van der Waals surface area contributed by atoms with Gasteiger partial charge in [-0.2, -0.15) is 0 Å². The number of allylic oxidation sites excluding steroid dienone is 2. The highest BCUT2D eigenvalue weighted by Crippen LogP contribution is 2.56. The molecule has 0 spiro atoms. The molecule has 0 radical (unpaired) electrons. The van der Waals surface area contributed by atoms with Crippen LogP contribution in [0.15, 0.2) is 39.7 Å². The van der Waals surface area contributed by atoms with Crippen molar-refractivity contribution in [2.24, 2.45) is 10.9 Å². The third-order valence-electron chi connectivity index (χ3n) is 5.55. The summed E-state index contributed by atoms with van der Waals surface area (Å²) >= 11 is 7.86. The topological polar surface area (TPSA) is 80.4 Å². The molecule has 3 atom stereocenters. The highest BCUT2D eigenvalue weighted by molar-refractivity contribution is 8.04. The van der Waals surface area contributed by atoms with Gasteiger partial charge in [0.15, 0.2) is 5.82 Å². The fourth-order valence-electron chi connectivity index (χ4n) is 4.30. The van der Waals surface area contributed by atoms with E-state index in [-0.39, 0.29) is 12.3 Å². The Morgan fingerprint density at radius 3 is 2.57 bits per heavy atom. The number of aliphatic imine (C=N–C) groups is 1. The summed E-state index contributed by atoms with van der Waals surface area (Å²) < 4.78 is 2.09. The van der Waals surface area contributed by atoms with Gasteiger partial charge in [0.05, 0.1) is 18.1 Å². The SMILES string of the molecule is CC1=C(C)C2C(c3ccc(Cl)cc3)=N[C@@H](CC(=O)O)c3nnc(C)n3C2(C)S1. The van der Waals surface area contributed by atoms with Crippen LogP contribution < -0.4 is 0 Å². The maximum Gasteiger partial charge on any atom is 0.306 e. The zero-order valence-electron chi connectivity index (χ0n) is 16.1.